The van der Waals surface area contributed by atoms with Crippen LogP contribution in [-0.2, 0) is 10.0 Å². The summed E-state index contributed by atoms with van der Waals surface area (Å²) < 4.78 is 26.3. The molecule has 4 rings (SSSR count). The molecule has 1 aromatic carbocycles. The Morgan fingerprint density at radius 2 is 1.88 bits per heavy atom. The Kier molecular flexibility index (Phi) is 4.10. The molecule has 0 amide bonds. The number of hydrogen-bond acceptors (Lipinski definition) is 5. The maximum atomic E-state index is 12.3. The second-order valence-electron chi connectivity index (χ2n) is 6.74. The zero-order valence-electron chi connectivity index (χ0n) is 13.9. The van der Waals surface area contributed by atoms with E-state index < -0.39 is 10.0 Å². The molecule has 2 heterocycles. The highest BCUT2D eigenvalue weighted by atomic mass is 32.2. The van der Waals surface area contributed by atoms with Gasteiger partial charge in [-0.15, -0.1) is 0 Å². The number of aromatic nitrogens is 1. The summed E-state index contributed by atoms with van der Waals surface area (Å²) in [6.45, 7) is 1.09. The molecule has 0 bridgehead atoms. The van der Waals surface area contributed by atoms with E-state index in [9.17, 15) is 13.7 Å². The van der Waals surface area contributed by atoms with Gasteiger partial charge in [0.2, 0.25) is 10.0 Å². The van der Waals surface area contributed by atoms with E-state index in [0.717, 1.165) is 42.3 Å². The summed E-state index contributed by atoms with van der Waals surface area (Å²) in [6, 6.07) is 10.1. The van der Waals surface area contributed by atoms with Gasteiger partial charge in [-0.3, -0.25) is 4.98 Å². The lowest BCUT2D eigenvalue weighted by atomic mass is 10.0. The lowest BCUT2D eigenvalue weighted by Gasteiger charge is -2.32. The monoisotopic (exact) mass is 356 g/mol. The van der Waals surface area contributed by atoms with Crippen molar-refractivity contribution >= 4 is 26.6 Å². The molecular formula is C18H20N4O2S. The summed E-state index contributed by atoms with van der Waals surface area (Å²) in [5.41, 5.74) is 2.17. The average molecular weight is 356 g/mol. The highest BCUT2D eigenvalue weighted by Crippen LogP contribution is 2.33. The number of sulfonamides is 1. The number of fused-ring (bicyclic) bond motifs is 1. The Morgan fingerprint density at radius 1 is 1.16 bits per heavy atom. The molecule has 0 unspecified atom stereocenters. The molecule has 2 aliphatic rings. The van der Waals surface area contributed by atoms with Gasteiger partial charge in [0.25, 0.3) is 0 Å². The average Bonchev–Trinajstić information content (AvgIpc) is 3.48. The predicted octanol–water partition coefficient (Wildman–Crippen LogP) is 2.47. The second-order valence-corrected chi connectivity index (χ2v) is 8.95. The maximum absolute atomic E-state index is 12.3. The minimum atomic E-state index is -3.09. The minimum Gasteiger partial charge on any atom is -0.381 e. The molecule has 1 aromatic heterocycles. The van der Waals surface area contributed by atoms with E-state index in [1.807, 2.05) is 24.3 Å². The Hall–Kier alpha value is -2.17. The topological polar surface area (TPSA) is 86.1 Å². The van der Waals surface area contributed by atoms with Crippen LogP contribution in [0.1, 0.15) is 31.2 Å². The lowest BCUT2D eigenvalue weighted by Crippen LogP contribution is -2.43. The highest BCUT2D eigenvalue weighted by Gasteiger charge is 2.41. The second kappa shape index (κ2) is 6.28. The van der Waals surface area contributed by atoms with Crippen LogP contribution in [0.4, 0.5) is 5.69 Å². The minimum absolute atomic E-state index is 0.147. The summed E-state index contributed by atoms with van der Waals surface area (Å²) in [4.78, 5) is 4.33. The first-order chi connectivity index (χ1) is 12.1. The third kappa shape index (κ3) is 3.08. The van der Waals surface area contributed by atoms with E-state index in [4.69, 9.17) is 0 Å². The fraction of sp³-hybridized carbons (Fsp3) is 0.444. The van der Waals surface area contributed by atoms with Crippen LogP contribution in [0.2, 0.25) is 0 Å². The molecular weight excluding hydrogens is 336 g/mol. The molecule has 0 radical (unpaired) electrons. The van der Waals surface area contributed by atoms with Gasteiger partial charge in [0.05, 0.1) is 22.0 Å². The molecule has 2 aromatic rings. The molecule has 130 valence electrons. The van der Waals surface area contributed by atoms with E-state index in [1.54, 1.807) is 10.5 Å². The number of para-hydroxylation sites is 1. The van der Waals surface area contributed by atoms with Gasteiger partial charge in [-0.25, -0.2) is 12.7 Å². The van der Waals surface area contributed by atoms with Gasteiger partial charge < -0.3 is 5.32 Å². The summed E-state index contributed by atoms with van der Waals surface area (Å²) in [5, 5.41) is 13.7. The van der Waals surface area contributed by atoms with E-state index in [1.165, 1.54) is 0 Å². The van der Waals surface area contributed by atoms with Crippen LogP contribution < -0.4 is 5.32 Å². The van der Waals surface area contributed by atoms with Crippen molar-refractivity contribution in [2.45, 2.75) is 37.0 Å². The third-order valence-electron chi connectivity index (χ3n) is 5.00. The molecule has 1 saturated carbocycles. The van der Waals surface area contributed by atoms with E-state index in [2.05, 4.69) is 16.4 Å². The van der Waals surface area contributed by atoms with E-state index in [-0.39, 0.29) is 11.3 Å². The third-order valence-corrected chi connectivity index (χ3v) is 7.40. The van der Waals surface area contributed by atoms with Crippen molar-refractivity contribution in [2.24, 2.45) is 0 Å². The molecule has 2 fully saturated rings. The van der Waals surface area contributed by atoms with Crippen LogP contribution >= 0.6 is 0 Å². The van der Waals surface area contributed by atoms with Gasteiger partial charge in [0.1, 0.15) is 6.07 Å². The molecule has 1 N–H and O–H groups in total. The number of piperidine rings is 1. The Morgan fingerprint density at radius 3 is 2.56 bits per heavy atom. The fourth-order valence-corrected chi connectivity index (χ4v) is 5.29. The van der Waals surface area contributed by atoms with Crippen molar-refractivity contribution in [3.8, 4) is 6.07 Å². The SMILES string of the molecule is N#Cc1cnc2ccccc2c1NC1CCN(S(=O)(=O)C2CC2)CC1. The molecule has 1 aliphatic heterocycles. The summed E-state index contributed by atoms with van der Waals surface area (Å²) in [5.74, 6) is 0. The van der Waals surface area contributed by atoms with E-state index in [0.29, 0.717) is 18.7 Å². The first-order valence-electron chi connectivity index (χ1n) is 8.63. The van der Waals surface area contributed by atoms with E-state index >= 15 is 0 Å². The lowest BCUT2D eigenvalue weighted by molar-refractivity contribution is 0.329. The molecule has 1 aliphatic carbocycles. The summed E-state index contributed by atoms with van der Waals surface area (Å²) >= 11 is 0. The number of pyridine rings is 1. The van der Waals surface area contributed by atoms with Crippen LogP contribution in [0.25, 0.3) is 10.9 Å². The number of hydrogen-bond donors (Lipinski definition) is 1. The normalized spacial score (nSPS) is 19.6. The molecule has 6 nitrogen and oxygen atoms in total. The zero-order chi connectivity index (χ0) is 17.4. The Balaban J connectivity index is 1.52. The van der Waals surface area contributed by atoms with Gasteiger partial charge in [-0.1, -0.05) is 18.2 Å². The van der Waals surface area contributed by atoms with Gasteiger partial charge in [0.15, 0.2) is 0 Å². The quantitative estimate of drug-likeness (QED) is 0.909. The molecule has 1 saturated heterocycles. The number of anilines is 1. The zero-order valence-corrected chi connectivity index (χ0v) is 14.7. The van der Waals surface area contributed by atoms with Crippen molar-refractivity contribution in [3.63, 3.8) is 0 Å². The molecule has 0 atom stereocenters. The molecule has 7 heteroatoms. The Labute approximate surface area is 147 Å². The predicted molar refractivity (Wildman–Crippen MR) is 96.6 cm³/mol. The van der Waals surface area contributed by atoms with Crippen LogP contribution in [0.5, 0.6) is 0 Å². The van der Waals surface area contributed by atoms with Gasteiger partial charge in [-0.2, -0.15) is 5.26 Å². The van der Waals surface area contributed by atoms with Crippen LogP contribution in [0, 0.1) is 11.3 Å². The molecule has 0 spiro atoms. The highest BCUT2D eigenvalue weighted by molar-refractivity contribution is 7.90. The fourth-order valence-electron chi connectivity index (χ4n) is 3.42. The van der Waals surface area contributed by atoms with Gasteiger partial charge in [0, 0.05) is 30.7 Å². The largest absolute Gasteiger partial charge is 0.381 e. The van der Waals surface area contributed by atoms with Crippen molar-refractivity contribution < 1.29 is 8.42 Å². The standard InChI is InChI=1S/C18H20N4O2S/c19-11-13-12-20-17-4-2-1-3-16(17)18(13)21-14-7-9-22(10-8-14)25(23,24)15-5-6-15/h1-4,12,14-15H,5-10H2,(H,20,21). The van der Waals surface area contributed by atoms with Gasteiger partial charge in [-0.05, 0) is 31.7 Å². The number of rotatable bonds is 4. The number of nitriles is 1. The van der Waals surface area contributed by atoms with Gasteiger partial charge >= 0.3 is 0 Å². The number of nitrogens with zero attached hydrogens (tertiary/aromatic N) is 3. The maximum Gasteiger partial charge on any atom is 0.216 e. The van der Waals surface area contributed by atoms with Crippen LogP contribution in [-0.4, -0.2) is 42.1 Å². The van der Waals surface area contributed by atoms with Crippen LogP contribution in [0.15, 0.2) is 30.5 Å². The first-order valence-corrected chi connectivity index (χ1v) is 10.1. The Bertz CT molecular complexity index is 939. The number of benzene rings is 1. The number of nitrogens with one attached hydrogen (secondary N) is 1. The first kappa shape index (κ1) is 16.3. The van der Waals surface area contributed by atoms with Crippen molar-refractivity contribution in [2.75, 3.05) is 18.4 Å². The van der Waals surface area contributed by atoms with Crippen LogP contribution in [0.3, 0.4) is 0 Å². The van der Waals surface area contributed by atoms with Crippen molar-refractivity contribution in [3.05, 3.63) is 36.0 Å². The van der Waals surface area contributed by atoms with Crippen molar-refractivity contribution in [1.82, 2.24) is 9.29 Å². The van der Waals surface area contributed by atoms with Crippen molar-refractivity contribution in [1.29, 1.82) is 5.26 Å². The summed E-state index contributed by atoms with van der Waals surface area (Å²) in [6.07, 6.45) is 4.68. The smallest absolute Gasteiger partial charge is 0.216 e. The molecule has 25 heavy (non-hydrogen) atoms. The summed E-state index contributed by atoms with van der Waals surface area (Å²) in [7, 11) is -3.09.